The molecule has 426 valence electrons. The fraction of sp³-hybridized carbons (Fsp3) is 0. The molecule has 13 aromatic rings. The van der Waals surface area contributed by atoms with Crippen LogP contribution in [0.4, 0.5) is 120 Å². The van der Waals surface area contributed by atoms with Gasteiger partial charge >= 0.3 is 0 Å². The molecule has 0 saturated heterocycles. The van der Waals surface area contributed by atoms with E-state index in [0.29, 0.717) is 0 Å². The predicted octanol–water partition coefficient (Wildman–Crippen LogP) is 23.1. The summed E-state index contributed by atoms with van der Waals surface area (Å²) >= 11 is 0. The molecule has 0 aliphatic heterocycles. The molecule has 0 fully saturated rings. The summed E-state index contributed by atoms with van der Waals surface area (Å²) in [5.74, 6) is -1.36. The maximum atomic E-state index is 14.2. The Balaban J connectivity index is 0.803. The van der Waals surface area contributed by atoms with Gasteiger partial charge in [-0.3, -0.25) is 0 Å². The van der Waals surface area contributed by atoms with Crippen molar-refractivity contribution in [2.45, 2.75) is 0 Å². The molecule has 0 bridgehead atoms. The Kier molecular flexibility index (Phi) is 16.0. The van der Waals surface area contributed by atoms with E-state index < -0.39 is 0 Å². The molecular formula is C78H56F4N6. The van der Waals surface area contributed by atoms with Crippen LogP contribution in [0.15, 0.2) is 340 Å². The van der Waals surface area contributed by atoms with Crippen molar-refractivity contribution in [3.05, 3.63) is 363 Å². The zero-order chi connectivity index (χ0) is 59.8. The Morgan fingerprint density at radius 3 is 0.318 bits per heavy atom. The molecule has 13 aromatic carbocycles. The molecule has 0 atom stereocenters. The summed E-state index contributed by atoms with van der Waals surface area (Å²) in [7, 11) is 0. The van der Waals surface area contributed by atoms with Crippen LogP contribution in [0.25, 0.3) is 0 Å². The lowest BCUT2D eigenvalue weighted by Crippen LogP contribution is -2.14. The molecule has 0 saturated carbocycles. The number of para-hydroxylation sites is 4. The Hall–Kier alpha value is -11.6. The molecule has 0 spiro atoms. The Labute approximate surface area is 509 Å². The van der Waals surface area contributed by atoms with E-state index in [9.17, 15) is 17.6 Å². The third-order valence-corrected chi connectivity index (χ3v) is 15.2. The van der Waals surface area contributed by atoms with Crippen molar-refractivity contribution >= 4 is 102 Å². The molecule has 0 N–H and O–H groups in total. The molecule has 13 rings (SSSR count). The van der Waals surface area contributed by atoms with Gasteiger partial charge in [0, 0.05) is 102 Å². The topological polar surface area (TPSA) is 19.4 Å². The van der Waals surface area contributed by atoms with E-state index >= 15 is 0 Å². The second kappa shape index (κ2) is 25.3. The molecular weight excluding hydrogens is 1100 g/mol. The lowest BCUT2D eigenvalue weighted by Gasteiger charge is -2.30. The highest BCUT2D eigenvalue weighted by atomic mass is 19.1. The predicted molar refractivity (Wildman–Crippen MR) is 354 cm³/mol. The Morgan fingerprint density at radius 2 is 0.205 bits per heavy atom. The molecule has 10 heteroatoms. The minimum Gasteiger partial charge on any atom is -0.311 e. The zero-order valence-corrected chi connectivity index (χ0v) is 47.5. The van der Waals surface area contributed by atoms with E-state index in [1.54, 1.807) is 48.5 Å². The SMILES string of the molecule is Fc1ccc(N(c2ccc(F)cc2)c2ccc(N(c3ccccc3)c3ccc(N(c4ccccc4)c4ccc(N(c5ccccc5)c5ccc(N(c6ccccc6)c6ccc(N(c7ccc(F)cc7)c7ccc(F)cc7)cc6)cc5)cc4)cc3)cc2)cc1. The number of rotatable bonds is 18. The summed E-state index contributed by atoms with van der Waals surface area (Å²) in [6, 6.07) is 108. The van der Waals surface area contributed by atoms with Gasteiger partial charge in [-0.05, 0) is 267 Å². The summed E-state index contributed by atoms with van der Waals surface area (Å²) in [6.07, 6.45) is 0. The van der Waals surface area contributed by atoms with Gasteiger partial charge in [0.25, 0.3) is 0 Å². The number of hydrogen-bond donors (Lipinski definition) is 0. The van der Waals surface area contributed by atoms with Gasteiger partial charge < -0.3 is 29.4 Å². The molecule has 0 heterocycles. The molecule has 88 heavy (non-hydrogen) atoms. The summed E-state index contributed by atoms with van der Waals surface area (Å²) in [5.41, 5.74) is 16.1. The summed E-state index contributed by atoms with van der Waals surface area (Å²) in [5, 5.41) is 0. The van der Waals surface area contributed by atoms with Crippen molar-refractivity contribution in [1.29, 1.82) is 0 Å². The van der Waals surface area contributed by atoms with Crippen molar-refractivity contribution in [3.8, 4) is 0 Å². The first-order valence-electron chi connectivity index (χ1n) is 28.8. The largest absolute Gasteiger partial charge is 0.311 e. The highest BCUT2D eigenvalue weighted by molar-refractivity contribution is 5.87. The van der Waals surface area contributed by atoms with Crippen LogP contribution in [0.1, 0.15) is 0 Å². The number of halogens is 4. The van der Waals surface area contributed by atoms with Crippen LogP contribution in [0.3, 0.4) is 0 Å². The highest BCUT2D eigenvalue weighted by Gasteiger charge is 2.22. The van der Waals surface area contributed by atoms with Gasteiger partial charge in [0.15, 0.2) is 0 Å². The van der Waals surface area contributed by atoms with Crippen LogP contribution in [0.2, 0.25) is 0 Å². The second-order valence-electron chi connectivity index (χ2n) is 20.8. The van der Waals surface area contributed by atoms with E-state index in [0.717, 1.165) is 102 Å². The van der Waals surface area contributed by atoms with E-state index in [1.165, 1.54) is 48.5 Å². The van der Waals surface area contributed by atoms with Gasteiger partial charge in [0.05, 0.1) is 0 Å². The number of anilines is 18. The Bertz CT molecular complexity index is 3980. The molecule has 6 nitrogen and oxygen atoms in total. The highest BCUT2D eigenvalue weighted by Crippen LogP contribution is 2.45. The van der Waals surface area contributed by atoms with Crippen molar-refractivity contribution in [1.82, 2.24) is 0 Å². The number of nitrogens with zero attached hydrogens (tertiary/aromatic N) is 6. The summed E-state index contributed by atoms with van der Waals surface area (Å²) < 4.78 is 56.6. The van der Waals surface area contributed by atoms with Gasteiger partial charge in [-0.25, -0.2) is 17.6 Å². The first-order chi connectivity index (χ1) is 43.3. The van der Waals surface area contributed by atoms with Crippen LogP contribution in [0, 0.1) is 23.3 Å². The first kappa shape index (κ1) is 55.6. The molecule has 0 aliphatic carbocycles. The van der Waals surface area contributed by atoms with Crippen LogP contribution in [-0.2, 0) is 0 Å². The Morgan fingerprint density at radius 1 is 0.114 bits per heavy atom. The fourth-order valence-corrected chi connectivity index (χ4v) is 11.1. The van der Waals surface area contributed by atoms with Crippen molar-refractivity contribution in [2.75, 3.05) is 29.4 Å². The third kappa shape index (κ3) is 12.0. The van der Waals surface area contributed by atoms with E-state index in [1.807, 2.05) is 107 Å². The van der Waals surface area contributed by atoms with Crippen molar-refractivity contribution in [3.63, 3.8) is 0 Å². The minimum atomic E-state index is -0.340. The molecule has 0 radical (unpaired) electrons. The standard InChI is InChI=1S/C78H56F4N6/c79-57-21-29-65(30-22-57)87(66-31-23-58(80)24-32-66)77-53-49-75(50-54-77)85(63-17-9-3-10-18-63)73-45-41-71(42-46-73)83(61-13-5-1-6-14-61)69-37-39-70(40-38-69)84(62-15-7-2-8-16-62)72-43-47-74(48-44-72)86(64-19-11-4-12-20-64)76-51-55-78(56-52-76)88(67-33-25-59(81)26-34-67)68-35-27-60(82)28-36-68/h1-56H. The maximum absolute atomic E-state index is 14.2. The summed E-state index contributed by atoms with van der Waals surface area (Å²) in [4.78, 5) is 12.9. The molecule has 0 aliphatic rings. The maximum Gasteiger partial charge on any atom is 0.123 e. The van der Waals surface area contributed by atoms with Gasteiger partial charge in [-0.15, -0.1) is 0 Å². The zero-order valence-electron chi connectivity index (χ0n) is 47.5. The average Bonchev–Trinajstić information content (AvgIpc) is 2.80. The van der Waals surface area contributed by atoms with Crippen LogP contribution in [-0.4, -0.2) is 0 Å². The summed E-state index contributed by atoms with van der Waals surface area (Å²) in [6.45, 7) is 0. The quantitative estimate of drug-likeness (QED) is 0.0792. The third-order valence-electron chi connectivity index (χ3n) is 15.2. The van der Waals surface area contributed by atoms with Crippen molar-refractivity contribution in [2.24, 2.45) is 0 Å². The molecule has 0 amide bonds. The molecule has 0 aromatic heterocycles. The normalized spacial score (nSPS) is 11.0. The van der Waals surface area contributed by atoms with Gasteiger partial charge in [0.2, 0.25) is 0 Å². The lowest BCUT2D eigenvalue weighted by atomic mass is 10.1. The average molecular weight is 1150 g/mol. The monoisotopic (exact) mass is 1150 g/mol. The van der Waals surface area contributed by atoms with Crippen LogP contribution >= 0.6 is 0 Å². The van der Waals surface area contributed by atoms with E-state index in [-0.39, 0.29) is 23.3 Å². The van der Waals surface area contributed by atoms with Crippen LogP contribution in [0.5, 0.6) is 0 Å². The van der Waals surface area contributed by atoms with Crippen LogP contribution < -0.4 is 29.4 Å². The van der Waals surface area contributed by atoms with Gasteiger partial charge in [-0.2, -0.15) is 0 Å². The minimum absolute atomic E-state index is 0.340. The van der Waals surface area contributed by atoms with Crippen molar-refractivity contribution < 1.29 is 17.6 Å². The van der Waals surface area contributed by atoms with Gasteiger partial charge in [-0.1, -0.05) is 72.8 Å². The fourth-order valence-electron chi connectivity index (χ4n) is 11.1. The smallest absolute Gasteiger partial charge is 0.123 e. The number of benzene rings is 13. The second-order valence-corrected chi connectivity index (χ2v) is 20.8. The first-order valence-corrected chi connectivity index (χ1v) is 28.8. The number of hydrogen-bond acceptors (Lipinski definition) is 6. The van der Waals surface area contributed by atoms with E-state index in [2.05, 4.69) is 165 Å². The van der Waals surface area contributed by atoms with Gasteiger partial charge in [0.1, 0.15) is 23.3 Å². The molecule has 0 unspecified atom stereocenters. The van der Waals surface area contributed by atoms with E-state index in [4.69, 9.17) is 0 Å². The lowest BCUT2D eigenvalue weighted by molar-refractivity contribution is 0.627.